The molecule has 0 fully saturated rings. The second-order valence-corrected chi connectivity index (χ2v) is 7.57. The van der Waals surface area contributed by atoms with Crippen LogP contribution >= 0.6 is 0 Å². The largest absolute Gasteiger partial charge is 0.469 e. The number of allylic oxidation sites excluding steroid dienone is 1. The maximum absolute atomic E-state index is 6.35. The molecule has 0 spiro atoms. The molecule has 7 nitrogen and oxygen atoms in total. The summed E-state index contributed by atoms with van der Waals surface area (Å²) < 4.78 is 6.35. The number of hydrogen-bond acceptors (Lipinski definition) is 7. The van der Waals surface area contributed by atoms with Crippen molar-refractivity contribution in [2.75, 3.05) is 25.5 Å². The first-order chi connectivity index (χ1) is 15.8. The molecule has 7 heteroatoms. The van der Waals surface area contributed by atoms with E-state index >= 15 is 0 Å². The Balaban J connectivity index is 0.00000204. The number of nitrogens with one attached hydrogen (secondary N) is 2. The molecule has 0 saturated carbocycles. The van der Waals surface area contributed by atoms with Crippen LogP contribution < -0.4 is 21.1 Å². The van der Waals surface area contributed by atoms with Crippen LogP contribution in [0.5, 0.6) is 5.88 Å². The van der Waals surface area contributed by atoms with Gasteiger partial charge in [-0.15, -0.1) is 0 Å². The summed E-state index contributed by atoms with van der Waals surface area (Å²) in [7, 11) is 1.71. The normalized spacial score (nSPS) is 16.8. The van der Waals surface area contributed by atoms with Crippen molar-refractivity contribution in [2.45, 2.75) is 18.6 Å². The molecule has 0 bridgehead atoms. The highest BCUT2D eigenvalue weighted by Crippen LogP contribution is 2.32. The summed E-state index contributed by atoms with van der Waals surface area (Å²) in [5.41, 5.74) is 10.7. The Labute approximate surface area is 191 Å². The zero-order valence-corrected chi connectivity index (χ0v) is 18.1. The van der Waals surface area contributed by atoms with Crippen LogP contribution in [0.1, 0.15) is 25.6 Å². The van der Waals surface area contributed by atoms with Gasteiger partial charge in [0, 0.05) is 52.0 Å². The van der Waals surface area contributed by atoms with E-state index in [0.717, 1.165) is 29.8 Å². The third kappa shape index (κ3) is 5.12. The predicted molar refractivity (Wildman–Crippen MR) is 133 cm³/mol. The van der Waals surface area contributed by atoms with Gasteiger partial charge in [0.15, 0.2) is 0 Å². The van der Waals surface area contributed by atoms with Crippen molar-refractivity contribution in [3.05, 3.63) is 90.0 Å². The summed E-state index contributed by atoms with van der Waals surface area (Å²) in [4.78, 5) is 12.7. The molecule has 3 aromatic rings. The van der Waals surface area contributed by atoms with Gasteiger partial charge in [0.2, 0.25) is 5.88 Å². The number of aromatic nitrogens is 2. The Morgan fingerprint density at radius 3 is 2.88 bits per heavy atom. The van der Waals surface area contributed by atoms with Crippen molar-refractivity contribution < 1.29 is 7.59 Å². The summed E-state index contributed by atoms with van der Waals surface area (Å²) in [5, 5.41) is 7.17. The molecule has 0 saturated heterocycles. The Morgan fingerprint density at radius 2 is 2.12 bits per heavy atom. The molecule has 168 valence electrons. The first kappa shape index (κ1) is 21.5. The Bertz CT molecular complexity index is 1080. The number of nitrogens with two attached hydrogens (primary N) is 1. The lowest BCUT2D eigenvalue weighted by Crippen LogP contribution is -2.43. The van der Waals surface area contributed by atoms with Gasteiger partial charge in [-0.1, -0.05) is 30.3 Å². The molecule has 0 radical (unpaired) electrons. The minimum absolute atomic E-state index is 0. The minimum Gasteiger partial charge on any atom is -0.469 e. The minimum atomic E-state index is -0.109. The van der Waals surface area contributed by atoms with Crippen LogP contribution in [-0.4, -0.2) is 42.4 Å². The molecular weight excluding hydrogens is 400 g/mol. The second kappa shape index (κ2) is 10.5. The fourth-order valence-corrected chi connectivity index (χ4v) is 3.81. The van der Waals surface area contributed by atoms with E-state index in [4.69, 9.17) is 10.5 Å². The molecule has 0 aliphatic carbocycles. The number of fused-ring (bicyclic) bond motifs is 1. The van der Waals surface area contributed by atoms with Crippen molar-refractivity contribution >= 4 is 17.5 Å². The zero-order chi connectivity index (χ0) is 22.2. The summed E-state index contributed by atoms with van der Waals surface area (Å²) >= 11 is 0. The summed E-state index contributed by atoms with van der Waals surface area (Å²) in [6.07, 6.45) is 9.46. The number of benzene rings is 1. The second-order valence-electron chi connectivity index (χ2n) is 7.57. The molecular formula is C25H32N6O. The van der Waals surface area contributed by atoms with E-state index in [9.17, 15) is 0 Å². The quantitative estimate of drug-likeness (QED) is 0.470. The third-order valence-electron chi connectivity index (χ3n) is 5.45. The number of ether oxygens (including phenoxy) is 1. The Hall–Kier alpha value is -3.71. The summed E-state index contributed by atoms with van der Waals surface area (Å²) in [6, 6.07) is 16.5. The third-order valence-corrected chi connectivity index (χ3v) is 5.45. The number of pyridine rings is 2. The van der Waals surface area contributed by atoms with Gasteiger partial charge in [0.25, 0.3) is 0 Å². The maximum atomic E-state index is 6.35. The summed E-state index contributed by atoms with van der Waals surface area (Å²) in [5.74, 6) is 0.590. The number of nitrogens with zero attached hydrogens (tertiary/aromatic N) is 3. The molecule has 2 atom stereocenters. The number of aliphatic imine (C=N–C) groups is 1. The van der Waals surface area contributed by atoms with E-state index in [0.29, 0.717) is 12.4 Å². The molecule has 4 N–H and O–H groups in total. The van der Waals surface area contributed by atoms with Crippen LogP contribution in [0.25, 0.3) is 5.57 Å². The lowest BCUT2D eigenvalue weighted by Gasteiger charge is -2.33. The van der Waals surface area contributed by atoms with Gasteiger partial charge in [-0.05, 0) is 42.3 Å². The number of rotatable bonds is 8. The molecule has 1 aliphatic rings. The van der Waals surface area contributed by atoms with Crippen LogP contribution in [0.2, 0.25) is 0 Å². The molecule has 1 aliphatic heterocycles. The van der Waals surface area contributed by atoms with Gasteiger partial charge in [-0.2, -0.15) is 0 Å². The van der Waals surface area contributed by atoms with Crippen LogP contribution in [0.15, 0.2) is 78.3 Å². The highest BCUT2D eigenvalue weighted by Gasteiger charge is 2.29. The smallest absolute Gasteiger partial charge is 0.237 e. The molecule has 3 heterocycles. The zero-order valence-electron chi connectivity index (χ0n) is 18.1. The monoisotopic (exact) mass is 432 g/mol. The van der Waals surface area contributed by atoms with Crippen molar-refractivity contribution in [3.8, 4) is 5.88 Å². The van der Waals surface area contributed by atoms with E-state index < -0.39 is 0 Å². The van der Waals surface area contributed by atoms with E-state index in [1.54, 1.807) is 19.5 Å². The summed E-state index contributed by atoms with van der Waals surface area (Å²) in [6.45, 7) is 1.48. The molecule has 32 heavy (non-hydrogen) atoms. The van der Waals surface area contributed by atoms with E-state index in [1.807, 2.05) is 36.7 Å². The topological polar surface area (TPSA) is 97.5 Å². The fraction of sp³-hybridized carbons (Fsp3) is 0.240. The molecule has 0 unspecified atom stereocenters. The molecule has 1 aromatic carbocycles. The maximum Gasteiger partial charge on any atom is 0.237 e. The van der Waals surface area contributed by atoms with Gasteiger partial charge in [0.1, 0.15) is 6.10 Å². The fourth-order valence-electron chi connectivity index (χ4n) is 3.81. The van der Waals surface area contributed by atoms with Crippen molar-refractivity contribution in [1.82, 2.24) is 15.3 Å². The van der Waals surface area contributed by atoms with Crippen LogP contribution in [-0.2, 0) is 6.42 Å². The Morgan fingerprint density at radius 1 is 1.31 bits per heavy atom. The lowest BCUT2D eigenvalue weighted by atomic mass is 9.99. The van der Waals surface area contributed by atoms with E-state index in [2.05, 4.69) is 49.9 Å². The number of hydrogen-bond donors (Lipinski definition) is 3. The van der Waals surface area contributed by atoms with Gasteiger partial charge in [0.05, 0.1) is 18.3 Å². The highest BCUT2D eigenvalue weighted by molar-refractivity contribution is 6.09. The predicted octanol–water partition coefficient (Wildman–Crippen LogP) is 3.72. The molecule has 0 amide bonds. The molecule has 2 aromatic heterocycles. The first-order valence-corrected chi connectivity index (χ1v) is 10.7. The van der Waals surface area contributed by atoms with Gasteiger partial charge in [-0.25, -0.2) is 4.98 Å². The van der Waals surface area contributed by atoms with Crippen LogP contribution in [0.3, 0.4) is 0 Å². The Kier molecular flexibility index (Phi) is 7.09. The van der Waals surface area contributed by atoms with Gasteiger partial charge < -0.3 is 21.1 Å². The highest BCUT2D eigenvalue weighted by atomic mass is 16.5. The average molecular weight is 433 g/mol. The lowest BCUT2D eigenvalue weighted by molar-refractivity contribution is 0.150. The van der Waals surface area contributed by atoms with Crippen molar-refractivity contribution in [1.29, 1.82) is 0 Å². The van der Waals surface area contributed by atoms with E-state index in [1.165, 1.54) is 17.3 Å². The van der Waals surface area contributed by atoms with Crippen molar-refractivity contribution in [2.24, 2.45) is 10.7 Å². The van der Waals surface area contributed by atoms with Gasteiger partial charge in [-0.3, -0.25) is 9.98 Å². The standard InChI is InChI=1S/C25H28N6O.2H2/c1-27-15-21(14-26)20-13-22-25(31-16-20)32-23(17-30-22)24(19-5-3-2-4-6-19)29-12-9-18-7-10-28-11-8-18;;/h2-8,10-11,13-16,23-24,29-30H,9,12,17,26H2,1H3;2*1H/b21-14+,27-15?;;/t23-,24+;;/m0../s1. The molecule has 4 rings (SSSR count). The van der Waals surface area contributed by atoms with Crippen LogP contribution in [0, 0.1) is 0 Å². The number of anilines is 1. The van der Waals surface area contributed by atoms with Crippen LogP contribution in [0.4, 0.5) is 5.69 Å². The first-order valence-electron chi connectivity index (χ1n) is 10.7. The average Bonchev–Trinajstić information content (AvgIpc) is 2.86. The SMILES string of the molecule is CN=C/C(=C\N)c1cnc2c(c1)NC[C@@H]([C@H](NCCc1ccncc1)c1ccccc1)O2.[HH].[HH]. The van der Waals surface area contributed by atoms with Crippen molar-refractivity contribution in [3.63, 3.8) is 0 Å². The van der Waals surface area contributed by atoms with Gasteiger partial charge >= 0.3 is 0 Å². The van der Waals surface area contributed by atoms with E-state index in [-0.39, 0.29) is 15.0 Å².